The Morgan fingerprint density at radius 2 is 2.19 bits per heavy atom. The molecule has 0 atom stereocenters. The monoisotopic (exact) mass is 307 g/mol. The summed E-state index contributed by atoms with van der Waals surface area (Å²) in [4.78, 5) is 11.9. The average molecular weight is 308 g/mol. The van der Waals surface area contributed by atoms with Crippen LogP contribution in [0.25, 0.3) is 0 Å². The van der Waals surface area contributed by atoms with Gasteiger partial charge in [-0.05, 0) is 44.5 Å². The van der Waals surface area contributed by atoms with Crippen LogP contribution in [-0.2, 0) is 4.79 Å². The van der Waals surface area contributed by atoms with Gasteiger partial charge in [-0.15, -0.1) is 0 Å². The van der Waals surface area contributed by atoms with E-state index in [1.54, 1.807) is 35.1 Å². The van der Waals surface area contributed by atoms with E-state index in [2.05, 4.69) is 10.4 Å². The molecule has 21 heavy (non-hydrogen) atoms. The molecule has 2 rings (SSSR count). The minimum Gasteiger partial charge on any atom is -0.484 e. The average Bonchev–Trinajstić information content (AvgIpc) is 2.88. The maximum absolute atomic E-state index is 11.9. The van der Waals surface area contributed by atoms with Crippen LogP contribution in [0.3, 0.4) is 0 Å². The van der Waals surface area contributed by atoms with Gasteiger partial charge in [-0.2, -0.15) is 5.10 Å². The zero-order valence-electron chi connectivity index (χ0n) is 12.3. The van der Waals surface area contributed by atoms with Crippen LogP contribution in [0.2, 0.25) is 5.02 Å². The maximum Gasteiger partial charge on any atom is 0.263 e. The van der Waals surface area contributed by atoms with Crippen LogP contribution in [0.15, 0.2) is 30.5 Å². The predicted octanol–water partition coefficient (Wildman–Crippen LogP) is 3.44. The molecule has 2 aromatic rings. The van der Waals surface area contributed by atoms with Crippen LogP contribution >= 0.6 is 11.6 Å². The second kappa shape index (κ2) is 6.63. The van der Waals surface area contributed by atoms with Crippen molar-refractivity contribution in [3.8, 4) is 5.75 Å². The van der Waals surface area contributed by atoms with Crippen LogP contribution in [-0.4, -0.2) is 22.3 Å². The predicted molar refractivity (Wildman–Crippen MR) is 82.9 cm³/mol. The van der Waals surface area contributed by atoms with Gasteiger partial charge in [0.25, 0.3) is 5.91 Å². The van der Waals surface area contributed by atoms with Crippen molar-refractivity contribution in [3.05, 3.63) is 41.0 Å². The van der Waals surface area contributed by atoms with E-state index in [4.69, 9.17) is 16.3 Å². The Morgan fingerprint density at radius 1 is 1.43 bits per heavy atom. The molecule has 0 fully saturated rings. The van der Waals surface area contributed by atoms with Crippen molar-refractivity contribution in [2.24, 2.45) is 0 Å². The Bertz CT molecular complexity index is 638. The number of benzene rings is 1. The number of hydrogen-bond acceptors (Lipinski definition) is 3. The Morgan fingerprint density at radius 3 is 2.86 bits per heavy atom. The van der Waals surface area contributed by atoms with Crippen molar-refractivity contribution in [1.29, 1.82) is 0 Å². The first-order chi connectivity index (χ1) is 9.97. The normalized spacial score (nSPS) is 10.7. The molecule has 5 nitrogen and oxygen atoms in total. The first-order valence-electron chi connectivity index (χ1n) is 6.69. The topological polar surface area (TPSA) is 56.1 Å². The fourth-order valence-corrected chi connectivity index (χ4v) is 1.98. The fourth-order valence-electron chi connectivity index (χ4n) is 1.86. The number of nitrogens with zero attached hydrogens (tertiary/aromatic N) is 2. The van der Waals surface area contributed by atoms with E-state index < -0.39 is 0 Å². The van der Waals surface area contributed by atoms with Gasteiger partial charge >= 0.3 is 0 Å². The third-order valence-corrected chi connectivity index (χ3v) is 3.35. The summed E-state index contributed by atoms with van der Waals surface area (Å²) in [6.07, 6.45) is 1.65. The Kier molecular flexibility index (Phi) is 4.85. The number of rotatable bonds is 5. The van der Waals surface area contributed by atoms with Crippen molar-refractivity contribution >= 4 is 23.3 Å². The third kappa shape index (κ3) is 3.98. The number of nitrogens with one attached hydrogen (secondary N) is 1. The molecule has 0 radical (unpaired) electrons. The molecule has 0 aliphatic carbocycles. The number of amides is 1. The number of halogens is 1. The van der Waals surface area contributed by atoms with Crippen molar-refractivity contribution in [1.82, 2.24) is 9.78 Å². The number of anilines is 1. The minimum atomic E-state index is -0.231. The van der Waals surface area contributed by atoms with Gasteiger partial charge in [-0.3, -0.25) is 4.79 Å². The molecule has 1 aromatic carbocycles. The molecule has 6 heteroatoms. The molecular weight excluding hydrogens is 290 g/mol. The molecule has 1 heterocycles. The quantitative estimate of drug-likeness (QED) is 0.920. The Hall–Kier alpha value is -2.01. The molecule has 1 N–H and O–H groups in total. The summed E-state index contributed by atoms with van der Waals surface area (Å²) in [6.45, 7) is 5.81. The second-order valence-corrected chi connectivity index (χ2v) is 5.41. The zero-order chi connectivity index (χ0) is 15.4. The molecule has 0 spiro atoms. The van der Waals surface area contributed by atoms with Crippen molar-refractivity contribution in [2.75, 3.05) is 11.9 Å². The molecule has 0 saturated carbocycles. The summed E-state index contributed by atoms with van der Waals surface area (Å²) < 4.78 is 7.19. The lowest BCUT2D eigenvalue weighted by molar-refractivity contribution is -0.118. The van der Waals surface area contributed by atoms with Gasteiger partial charge in [0, 0.05) is 17.1 Å². The molecule has 0 bridgehead atoms. The van der Waals surface area contributed by atoms with Crippen LogP contribution in [0, 0.1) is 6.92 Å². The van der Waals surface area contributed by atoms with E-state index in [-0.39, 0.29) is 18.6 Å². The lowest BCUT2D eigenvalue weighted by atomic mass is 10.2. The molecule has 0 saturated heterocycles. The highest BCUT2D eigenvalue weighted by Gasteiger charge is 2.10. The lowest BCUT2D eigenvalue weighted by Gasteiger charge is -2.12. The highest BCUT2D eigenvalue weighted by atomic mass is 35.5. The van der Waals surface area contributed by atoms with Gasteiger partial charge in [0.15, 0.2) is 6.61 Å². The van der Waals surface area contributed by atoms with Gasteiger partial charge in [-0.1, -0.05) is 11.6 Å². The van der Waals surface area contributed by atoms with Crippen molar-refractivity contribution < 1.29 is 9.53 Å². The smallest absolute Gasteiger partial charge is 0.263 e. The summed E-state index contributed by atoms with van der Waals surface area (Å²) in [5.41, 5.74) is 0.910. The first kappa shape index (κ1) is 15.4. The number of ether oxygens (including phenoxy) is 1. The van der Waals surface area contributed by atoms with Crippen LogP contribution in [0.1, 0.15) is 25.5 Å². The molecule has 0 aliphatic heterocycles. The highest BCUT2D eigenvalue weighted by Crippen LogP contribution is 2.21. The van der Waals surface area contributed by atoms with Gasteiger partial charge in [0.2, 0.25) is 0 Å². The summed E-state index contributed by atoms with van der Waals surface area (Å²) in [5.74, 6) is 1.04. The SMILES string of the molecule is Cc1cc(OCC(=O)Nc2ccnn2C(C)C)ccc1Cl. The van der Waals surface area contributed by atoms with E-state index in [1.807, 2.05) is 20.8 Å². The van der Waals surface area contributed by atoms with Crippen molar-refractivity contribution in [2.45, 2.75) is 26.8 Å². The molecule has 1 amide bonds. The first-order valence-corrected chi connectivity index (χ1v) is 7.07. The van der Waals surface area contributed by atoms with E-state index in [0.29, 0.717) is 16.6 Å². The Labute approximate surface area is 128 Å². The van der Waals surface area contributed by atoms with E-state index >= 15 is 0 Å². The number of carbonyl (C=O) groups is 1. The zero-order valence-corrected chi connectivity index (χ0v) is 13.0. The number of aryl methyl sites for hydroxylation is 1. The largest absolute Gasteiger partial charge is 0.484 e. The number of hydrogen-bond donors (Lipinski definition) is 1. The minimum absolute atomic E-state index is 0.0651. The molecule has 0 unspecified atom stereocenters. The second-order valence-electron chi connectivity index (χ2n) is 5.00. The summed E-state index contributed by atoms with van der Waals surface area (Å²) in [7, 11) is 0. The molecule has 112 valence electrons. The third-order valence-electron chi connectivity index (χ3n) is 2.93. The maximum atomic E-state index is 11.9. The summed E-state index contributed by atoms with van der Waals surface area (Å²) in [6, 6.07) is 7.22. The fraction of sp³-hybridized carbons (Fsp3) is 0.333. The van der Waals surface area contributed by atoms with E-state index in [9.17, 15) is 4.79 Å². The molecule has 0 aliphatic rings. The number of carbonyl (C=O) groups excluding carboxylic acids is 1. The van der Waals surface area contributed by atoms with Crippen LogP contribution in [0.5, 0.6) is 5.75 Å². The number of aromatic nitrogens is 2. The van der Waals surface area contributed by atoms with Crippen LogP contribution < -0.4 is 10.1 Å². The van der Waals surface area contributed by atoms with Crippen LogP contribution in [0.4, 0.5) is 5.82 Å². The van der Waals surface area contributed by atoms with Gasteiger partial charge in [0.05, 0.1) is 6.20 Å². The van der Waals surface area contributed by atoms with Gasteiger partial charge in [0.1, 0.15) is 11.6 Å². The summed E-state index contributed by atoms with van der Waals surface area (Å²) >= 11 is 5.94. The highest BCUT2D eigenvalue weighted by molar-refractivity contribution is 6.31. The summed E-state index contributed by atoms with van der Waals surface area (Å²) in [5, 5.41) is 7.61. The van der Waals surface area contributed by atoms with E-state index in [1.165, 1.54) is 0 Å². The van der Waals surface area contributed by atoms with Crippen molar-refractivity contribution in [3.63, 3.8) is 0 Å². The van der Waals surface area contributed by atoms with E-state index in [0.717, 1.165) is 5.56 Å². The standard InChI is InChI=1S/C15H18ClN3O2/c1-10(2)19-14(6-7-17-19)18-15(20)9-21-12-4-5-13(16)11(3)8-12/h4-8,10H,9H2,1-3H3,(H,18,20). The lowest BCUT2D eigenvalue weighted by Crippen LogP contribution is -2.22. The Balaban J connectivity index is 1.93. The molecular formula is C15H18ClN3O2. The van der Waals surface area contributed by atoms with Gasteiger partial charge in [-0.25, -0.2) is 4.68 Å². The molecule has 1 aromatic heterocycles. The van der Waals surface area contributed by atoms with Gasteiger partial charge < -0.3 is 10.1 Å².